The Morgan fingerprint density at radius 3 is 2.43 bits per heavy atom. The predicted molar refractivity (Wildman–Crippen MR) is 97.1 cm³/mol. The number of carbonyl (C=O) groups is 1. The molecule has 126 valence electrons. The highest BCUT2D eigenvalue weighted by Gasteiger charge is 2.03. The van der Waals surface area contributed by atoms with Gasteiger partial charge in [-0.25, -0.2) is 5.01 Å². The number of benzene rings is 1. The van der Waals surface area contributed by atoms with Crippen LogP contribution in [0.1, 0.15) is 23.5 Å². The lowest BCUT2D eigenvalue weighted by atomic mass is 10.1. The van der Waals surface area contributed by atoms with Crippen LogP contribution in [0, 0.1) is 0 Å². The summed E-state index contributed by atoms with van der Waals surface area (Å²) in [6.45, 7) is 2.36. The van der Waals surface area contributed by atoms with Crippen LogP contribution in [0.5, 0.6) is 0 Å². The maximum absolute atomic E-state index is 10.0. The minimum absolute atomic E-state index is 0.477. The second kappa shape index (κ2) is 10.1. The number of hydrazine groups is 1. The zero-order chi connectivity index (χ0) is 17.4. The zero-order valence-corrected chi connectivity index (χ0v) is 15.7. The highest BCUT2D eigenvalue weighted by molar-refractivity contribution is 7.16. The number of thiophene rings is 1. The highest BCUT2D eigenvalue weighted by Crippen LogP contribution is 2.25. The lowest BCUT2D eigenvalue weighted by Crippen LogP contribution is -2.31. The van der Waals surface area contributed by atoms with Gasteiger partial charge in [0, 0.05) is 11.9 Å². The van der Waals surface area contributed by atoms with Crippen LogP contribution in [0.25, 0.3) is 0 Å². The number of rotatable bonds is 5. The molecule has 0 bridgehead atoms. The van der Waals surface area contributed by atoms with Gasteiger partial charge in [-0.1, -0.05) is 40.9 Å². The summed E-state index contributed by atoms with van der Waals surface area (Å²) in [6, 6.07) is 8.87. The molecule has 0 saturated heterocycles. The average Bonchev–Trinajstić information content (AvgIpc) is 2.87. The van der Waals surface area contributed by atoms with Gasteiger partial charge in [0.05, 0.1) is 27.0 Å². The van der Waals surface area contributed by atoms with Gasteiger partial charge in [0.1, 0.15) is 0 Å². The number of amides is 1. The van der Waals surface area contributed by atoms with Crippen molar-refractivity contribution in [2.75, 3.05) is 7.05 Å². The molecule has 0 spiro atoms. The fraction of sp³-hybridized carbons (Fsp3) is 0.267. The Kier molecular flexibility index (Phi) is 8.91. The first kappa shape index (κ1) is 20.2. The molecule has 2 N–H and O–H groups in total. The molecule has 2 rings (SSSR count). The van der Waals surface area contributed by atoms with Crippen LogP contribution >= 0.6 is 46.1 Å². The van der Waals surface area contributed by atoms with E-state index in [0.29, 0.717) is 23.0 Å². The van der Waals surface area contributed by atoms with Crippen molar-refractivity contribution in [3.63, 3.8) is 0 Å². The Bertz CT molecular complexity index is 635. The van der Waals surface area contributed by atoms with Gasteiger partial charge in [-0.3, -0.25) is 10.2 Å². The number of hydrogen-bond acceptors (Lipinski definition) is 4. The largest absolute Gasteiger partial charge is 0.389 e. The van der Waals surface area contributed by atoms with Crippen molar-refractivity contribution < 1.29 is 9.90 Å². The van der Waals surface area contributed by atoms with Gasteiger partial charge in [-0.2, -0.15) is 0 Å². The van der Waals surface area contributed by atoms with E-state index < -0.39 is 6.10 Å². The molecule has 1 amide bonds. The van der Waals surface area contributed by atoms with Crippen LogP contribution in [0.4, 0.5) is 0 Å². The molecule has 23 heavy (non-hydrogen) atoms. The van der Waals surface area contributed by atoms with Crippen molar-refractivity contribution >= 4 is 52.5 Å². The number of nitrogens with zero attached hydrogens (tertiary/aromatic N) is 1. The number of halogens is 3. The van der Waals surface area contributed by atoms with Crippen LogP contribution in [0.3, 0.4) is 0 Å². The van der Waals surface area contributed by atoms with E-state index in [-0.39, 0.29) is 0 Å². The Morgan fingerprint density at radius 2 is 1.96 bits per heavy atom. The lowest BCUT2D eigenvalue weighted by Gasteiger charge is -2.12. The van der Waals surface area contributed by atoms with Gasteiger partial charge >= 0.3 is 0 Å². The van der Waals surface area contributed by atoms with Crippen molar-refractivity contribution in [3.05, 3.63) is 55.2 Å². The molecule has 1 aromatic carbocycles. The molecule has 0 aliphatic heterocycles. The van der Waals surface area contributed by atoms with Gasteiger partial charge in [-0.05, 0) is 36.8 Å². The summed E-state index contributed by atoms with van der Waals surface area (Å²) in [6.07, 6.45) is 0.152. The smallest absolute Gasteiger partial charge is 0.221 e. The van der Waals surface area contributed by atoms with Gasteiger partial charge in [0.15, 0.2) is 0 Å². The second-order valence-electron chi connectivity index (χ2n) is 4.66. The van der Waals surface area contributed by atoms with E-state index in [1.54, 1.807) is 37.2 Å². The number of aliphatic hydroxyl groups is 1. The van der Waals surface area contributed by atoms with Crippen molar-refractivity contribution in [1.29, 1.82) is 0 Å². The summed E-state index contributed by atoms with van der Waals surface area (Å²) < 4.78 is 0.768. The van der Waals surface area contributed by atoms with Crippen LogP contribution < -0.4 is 5.43 Å². The van der Waals surface area contributed by atoms with Crippen LogP contribution in [0.2, 0.25) is 14.4 Å². The first-order valence-corrected chi connectivity index (χ1v) is 8.56. The maximum Gasteiger partial charge on any atom is 0.221 e. The number of nitrogens with one attached hydrogen (secondary N) is 1. The van der Waals surface area contributed by atoms with E-state index in [0.717, 1.165) is 14.8 Å². The molecule has 1 heterocycles. The summed E-state index contributed by atoms with van der Waals surface area (Å²) in [5.41, 5.74) is 3.30. The second-order valence-corrected chi connectivity index (χ2v) is 7.27. The number of aliphatic hydroxyl groups excluding tert-OH is 1. The molecule has 0 fully saturated rings. The molecule has 2 aromatic rings. The number of carbonyl (C=O) groups excluding carboxylic acids is 1. The van der Waals surface area contributed by atoms with E-state index in [2.05, 4.69) is 5.43 Å². The Hall–Kier alpha value is -0.820. The quantitative estimate of drug-likeness (QED) is 0.577. The van der Waals surface area contributed by atoms with Gasteiger partial charge < -0.3 is 5.11 Å². The van der Waals surface area contributed by atoms with E-state index in [1.807, 2.05) is 12.1 Å². The molecular weight excluding hydrogens is 379 g/mol. The third kappa shape index (κ3) is 7.52. The molecular formula is C15H17Cl3N2O2S. The molecule has 0 aliphatic rings. The van der Waals surface area contributed by atoms with Crippen molar-refractivity contribution in [1.82, 2.24) is 10.4 Å². The van der Waals surface area contributed by atoms with E-state index >= 15 is 0 Å². The summed E-state index contributed by atoms with van der Waals surface area (Å²) in [5, 5.41) is 11.8. The van der Waals surface area contributed by atoms with Crippen LogP contribution in [-0.4, -0.2) is 23.6 Å². The van der Waals surface area contributed by atoms with Crippen molar-refractivity contribution in [3.8, 4) is 0 Å². The monoisotopic (exact) mass is 394 g/mol. The Morgan fingerprint density at radius 1 is 1.26 bits per heavy atom. The maximum atomic E-state index is 10.0. The Labute approximate surface area is 154 Å². The lowest BCUT2D eigenvalue weighted by molar-refractivity contribution is -0.113. The molecule has 1 atom stereocenters. The molecule has 1 unspecified atom stereocenters. The third-order valence-electron chi connectivity index (χ3n) is 2.72. The molecule has 0 radical (unpaired) electrons. The zero-order valence-electron chi connectivity index (χ0n) is 12.6. The number of hydrogen-bond donors (Lipinski definition) is 2. The van der Waals surface area contributed by atoms with E-state index in [1.165, 1.54) is 11.3 Å². The van der Waals surface area contributed by atoms with Crippen molar-refractivity contribution in [2.45, 2.75) is 19.6 Å². The summed E-state index contributed by atoms with van der Waals surface area (Å²) in [5.74, 6) is 0. The standard InChI is InChI=1S/C8H8Cl2O.C7H9ClN2OS/c1-5(11)6-2-3-7(9)8(10)4-6;1-10(9-5-11)4-6-2-3-7(8)12-6/h2-5,11H,1H3;2-3,5H,4H2,1H3,(H,9,11). The fourth-order valence-electron chi connectivity index (χ4n) is 1.58. The van der Waals surface area contributed by atoms with Gasteiger partial charge in [0.25, 0.3) is 0 Å². The minimum atomic E-state index is -0.496. The highest BCUT2D eigenvalue weighted by atomic mass is 35.5. The fourth-order valence-corrected chi connectivity index (χ4v) is 3.03. The SMILES string of the molecule is CC(O)c1ccc(Cl)c(Cl)c1.CN(Cc1ccc(Cl)s1)NC=O. The van der Waals surface area contributed by atoms with Crippen LogP contribution in [0.15, 0.2) is 30.3 Å². The molecule has 8 heteroatoms. The molecule has 0 saturated carbocycles. The normalized spacial score (nSPS) is 11.6. The molecule has 4 nitrogen and oxygen atoms in total. The third-order valence-corrected chi connectivity index (χ3v) is 4.68. The van der Waals surface area contributed by atoms with E-state index in [9.17, 15) is 4.79 Å². The summed E-state index contributed by atoms with van der Waals surface area (Å²) >= 11 is 18.6. The topological polar surface area (TPSA) is 52.6 Å². The Balaban J connectivity index is 0.000000231. The van der Waals surface area contributed by atoms with Crippen molar-refractivity contribution in [2.24, 2.45) is 0 Å². The van der Waals surface area contributed by atoms with Gasteiger partial charge in [0.2, 0.25) is 6.41 Å². The molecule has 1 aromatic heterocycles. The predicted octanol–water partition coefficient (Wildman–Crippen LogP) is 4.54. The summed E-state index contributed by atoms with van der Waals surface area (Å²) in [4.78, 5) is 11.2. The van der Waals surface area contributed by atoms with E-state index in [4.69, 9.17) is 39.9 Å². The minimum Gasteiger partial charge on any atom is -0.389 e. The van der Waals surface area contributed by atoms with Gasteiger partial charge in [-0.15, -0.1) is 11.3 Å². The first-order chi connectivity index (χ1) is 10.8. The molecule has 0 aliphatic carbocycles. The van der Waals surface area contributed by atoms with Crippen LogP contribution in [-0.2, 0) is 11.3 Å². The first-order valence-electron chi connectivity index (χ1n) is 6.61. The summed E-state index contributed by atoms with van der Waals surface area (Å²) in [7, 11) is 1.79. The average molecular weight is 396 g/mol.